The Bertz CT molecular complexity index is 106. The monoisotopic (exact) mass is 186 g/mol. The van der Waals surface area contributed by atoms with Gasteiger partial charge in [0.2, 0.25) is 0 Å². The largest absolute Gasteiger partial charge is 0.505 e. The Morgan fingerprint density at radius 2 is 1.83 bits per heavy atom. The molecule has 0 spiro atoms. The molecule has 0 atom stereocenters. The molecule has 0 saturated heterocycles. The van der Waals surface area contributed by atoms with Gasteiger partial charge in [-0.3, -0.25) is 0 Å². The molecule has 4 heteroatoms. The van der Waals surface area contributed by atoms with Gasteiger partial charge in [0.25, 0.3) is 0 Å². The Kier molecular flexibility index (Phi) is 13.4. The van der Waals surface area contributed by atoms with Crippen molar-refractivity contribution in [2.45, 2.75) is 39.0 Å². The smallest absolute Gasteiger partial charge is 0.450 e. The molecule has 0 aliphatic rings. The van der Waals surface area contributed by atoms with Crippen molar-refractivity contribution >= 4 is 29.2 Å². The third-order valence-electron chi connectivity index (χ3n) is 1.47. The SMILES string of the molecule is CCCCCCCOC(=O)O.[MgH2]. The highest BCUT2D eigenvalue weighted by Crippen LogP contribution is 2.01. The third kappa shape index (κ3) is 12.7. The summed E-state index contributed by atoms with van der Waals surface area (Å²) in [5, 5.41) is 8.09. The summed E-state index contributed by atoms with van der Waals surface area (Å²) >= 11 is 0. The van der Waals surface area contributed by atoms with Crippen LogP contribution in [-0.4, -0.2) is 40.9 Å². The minimum absolute atomic E-state index is 0. The van der Waals surface area contributed by atoms with Crippen LogP contribution in [0.15, 0.2) is 0 Å². The summed E-state index contributed by atoms with van der Waals surface area (Å²) in [7, 11) is 0. The molecule has 0 aromatic carbocycles. The van der Waals surface area contributed by atoms with Crippen LogP contribution in [0.4, 0.5) is 4.79 Å². The first-order valence-corrected chi connectivity index (χ1v) is 4.13. The maximum Gasteiger partial charge on any atom is 0.505 e. The van der Waals surface area contributed by atoms with Crippen molar-refractivity contribution in [2.75, 3.05) is 6.61 Å². The number of hydrogen-bond acceptors (Lipinski definition) is 2. The zero-order valence-electron chi connectivity index (χ0n) is 7.01. The first kappa shape index (κ1) is 14.6. The third-order valence-corrected chi connectivity index (χ3v) is 1.47. The van der Waals surface area contributed by atoms with Gasteiger partial charge >= 0.3 is 29.2 Å². The molecule has 0 aliphatic heterocycles. The number of hydrogen-bond donors (Lipinski definition) is 1. The minimum Gasteiger partial charge on any atom is -0.450 e. The van der Waals surface area contributed by atoms with Crippen LogP contribution < -0.4 is 0 Å². The average molecular weight is 187 g/mol. The molecule has 3 nitrogen and oxygen atoms in total. The Labute approximate surface area is 89.6 Å². The molecule has 0 unspecified atom stereocenters. The number of unbranched alkanes of at least 4 members (excludes halogenated alkanes) is 4. The average Bonchev–Trinajstić information content (AvgIpc) is 1.96. The van der Waals surface area contributed by atoms with Crippen molar-refractivity contribution in [2.24, 2.45) is 0 Å². The molecule has 0 aliphatic carbocycles. The van der Waals surface area contributed by atoms with Gasteiger partial charge in [0, 0.05) is 0 Å². The van der Waals surface area contributed by atoms with Gasteiger partial charge < -0.3 is 9.84 Å². The van der Waals surface area contributed by atoms with Gasteiger partial charge in [-0.05, 0) is 6.42 Å². The van der Waals surface area contributed by atoms with Gasteiger partial charge in [-0.1, -0.05) is 32.6 Å². The van der Waals surface area contributed by atoms with Gasteiger partial charge in [-0.15, -0.1) is 0 Å². The van der Waals surface area contributed by atoms with Gasteiger partial charge in [0.05, 0.1) is 6.61 Å². The van der Waals surface area contributed by atoms with Crippen LogP contribution in [0.3, 0.4) is 0 Å². The van der Waals surface area contributed by atoms with Crippen LogP contribution >= 0.6 is 0 Å². The fourth-order valence-electron chi connectivity index (χ4n) is 0.865. The highest BCUT2D eigenvalue weighted by atomic mass is 24.3. The van der Waals surface area contributed by atoms with Crippen LogP contribution in [0, 0.1) is 0 Å². The second-order valence-corrected chi connectivity index (χ2v) is 2.53. The summed E-state index contributed by atoms with van der Waals surface area (Å²) < 4.78 is 4.34. The Morgan fingerprint density at radius 3 is 2.33 bits per heavy atom. The van der Waals surface area contributed by atoms with Crippen LogP contribution in [0.2, 0.25) is 0 Å². The van der Waals surface area contributed by atoms with E-state index in [0.717, 1.165) is 12.8 Å². The molecule has 0 rings (SSSR count). The molecular formula is C8H18MgO3. The molecule has 0 saturated carbocycles. The molecule has 0 aromatic rings. The second-order valence-electron chi connectivity index (χ2n) is 2.53. The summed E-state index contributed by atoms with van der Waals surface area (Å²) in [4.78, 5) is 9.87. The van der Waals surface area contributed by atoms with Crippen molar-refractivity contribution in [3.8, 4) is 0 Å². The highest BCUT2D eigenvalue weighted by Gasteiger charge is 1.94. The van der Waals surface area contributed by atoms with E-state index in [1.165, 1.54) is 19.3 Å². The normalized spacial score (nSPS) is 8.75. The quantitative estimate of drug-likeness (QED) is 0.390. The summed E-state index contributed by atoms with van der Waals surface area (Å²) in [6, 6.07) is 0. The fraction of sp³-hybridized carbons (Fsp3) is 0.875. The van der Waals surface area contributed by atoms with E-state index in [0.29, 0.717) is 6.61 Å². The van der Waals surface area contributed by atoms with E-state index >= 15 is 0 Å². The molecule has 12 heavy (non-hydrogen) atoms. The lowest BCUT2D eigenvalue weighted by Gasteiger charge is -1.99. The number of ether oxygens (including phenoxy) is 1. The molecule has 1 N–H and O–H groups in total. The Balaban J connectivity index is 0. The number of rotatable bonds is 6. The van der Waals surface area contributed by atoms with E-state index in [4.69, 9.17) is 5.11 Å². The Hall–Kier alpha value is 0.0362. The molecular weight excluding hydrogens is 168 g/mol. The van der Waals surface area contributed by atoms with Crippen molar-refractivity contribution in [3.05, 3.63) is 0 Å². The summed E-state index contributed by atoms with van der Waals surface area (Å²) in [6.45, 7) is 2.49. The molecule has 0 radical (unpaired) electrons. The standard InChI is InChI=1S/C8H16O3.Mg.2H/c1-2-3-4-5-6-7-11-8(9)10;;;/h2-7H2,1H3,(H,9,10);;;. The van der Waals surface area contributed by atoms with Crippen molar-refractivity contribution in [3.63, 3.8) is 0 Å². The second kappa shape index (κ2) is 11.0. The van der Waals surface area contributed by atoms with Crippen molar-refractivity contribution in [1.82, 2.24) is 0 Å². The zero-order chi connectivity index (χ0) is 8.53. The zero-order valence-corrected chi connectivity index (χ0v) is 7.01. The number of carboxylic acid groups (broad SMARTS) is 1. The van der Waals surface area contributed by atoms with Gasteiger partial charge in [0.15, 0.2) is 0 Å². The topological polar surface area (TPSA) is 46.5 Å². The van der Waals surface area contributed by atoms with E-state index in [2.05, 4.69) is 11.7 Å². The molecule has 70 valence electrons. The van der Waals surface area contributed by atoms with Crippen LogP contribution in [0.25, 0.3) is 0 Å². The maximum absolute atomic E-state index is 9.87. The predicted molar refractivity (Wildman–Crippen MR) is 51.3 cm³/mol. The molecule has 0 heterocycles. The first-order chi connectivity index (χ1) is 5.27. The fourth-order valence-corrected chi connectivity index (χ4v) is 0.865. The maximum atomic E-state index is 9.87. The van der Waals surface area contributed by atoms with E-state index in [-0.39, 0.29) is 23.1 Å². The van der Waals surface area contributed by atoms with E-state index in [1.807, 2.05) is 0 Å². The van der Waals surface area contributed by atoms with E-state index in [1.54, 1.807) is 0 Å². The van der Waals surface area contributed by atoms with Crippen LogP contribution in [0.1, 0.15) is 39.0 Å². The summed E-state index contributed by atoms with van der Waals surface area (Å²) in [6.07, 6.45) is 4.38. The van der Waals surface area contributed by atoms with Gasteiger partial charge in [-0.25, -0.2) is 4.79 Å². The molecule has 0 amide bonds. The lowest BCUT2D eigenvalue weighted by molar-refractivity contribution is 0.0900. The first-order valence-electron chi connectivity index (χ1n) is 4.13. The van der Waals surface area contributed by atoms with Gasteiger partial charge in [0.1, 0.15) is 0 Å². The minimum atomic E-state index is -1.17. The Morgan fingerprint density at radius 1 is 1.25 bits per heavy atom. The summed E-state index contributed by atoms with van der Waals surface area (Å²) in [5.74, 6) is 0. The molecule has 0 bridgehead atoms. The molecule has 0 aromatic heterocycles. The number of carbonyl (C=O) groups is 1. The van der Waals surface area contributed by atoms with E-state index < -0.39 is 6.16 Å². The van der Waals surface area contributed by atoms with E-state index in [9.17, 15) is 4.79 Å². The van der Waals surface area contributed by atoms with Crippen LogP contribution in [0.5, 0.6) is 0 Å². The van der Waals surface area contributed by atoms with Gasteiger partial charge in [-0.2, -0.15) is 0 Å². The predicted octanol–water partition coefficient (Wildman–Crippen LogP) is 1.74. The highest BCUT2D eigenvalue weighted by molar-refractivity contribution is 5.75. The van der Waals surface area contributed by atoms with Crippen molar-refractivity contribution < 1.29 is 14.6 Å². The van der Waals surface area contributed by atoms with Crippen molar-refractivity contribution in [1.29, 1.82) is 0 Å². The molecule has 0 fully saturated rings. The van der Waals surface area contributed by atoms with Crippen LogP contribution in [-0.2, 0) is 4.74 Å². The summed E-state index contributed by atoms with van der Waals surface area (Å²) in [5.41, 5.74) is 0. The lowest BCUT2D eigenvalue weighted by Crippen LogP contribution is -2.01. The lowest BCUT2D eigenvalue weighted by atomic mass is 10.2.